The third kappa shape index (κ3) is 4.12. The summed E-state index contributed by atoms with van der Waals surface area (Å²) in [5.74, 6) is -0.0787. The van der Waals surface area contributed by atoms with Crippen LogP contribution < -0.4 is 10.5 Å². The van der Waals surface area contributed by atoms with Crippen LogP contribution in [0.5, 0.6) is 5.75 Å². The summed E-state index contributed by atoms with van der Waals surface area (Å²) in [4.78, 5) is 13.5. The van der Waals surface area contributed by atoms with E-state index in [0.29, 0.717) is 25.3 Å². The van der Waals surface area contributed by atoms with Crippen molar-refractivity contribution in [2.45, 2.75) is 25.7 Å². The number of carbonyl (C=O) groups excluding carboxylic acids is 1. The lowest BCUT2D eigenvalue weighted by atomic mass is 10.1. The number of benzene rings is 1. The van der Waals surface area contributed by atoms with E-state index < -0.39 is 12.7 Å². The van der Waals surface area contributed by atoms with E-state index in [4.69, 9.17) is 10.5 Å². The number of nitrogens with zero attached hydrogens (tertiary/aromatic N) is 1. The van der Waals surface area contributed by atoms with E-state index in [-0.39, 0.29) is 17.8 Å². The summed E-state index contributed by atoms with van der Waals surface area (Å²) in [6, 6.07) is 5.74. The van der Waals surface area contributed by atoms with E-state index in [9.17, 15) is 13.6 Å². The molecule has 1 fully saturated rings. The van der Waals surface area contributed by atoms with E-state index in [1.54, 1.807) is 24.0 Å². The fraction of sp³-hybridized carbons (Fsp3) is 0.500. The van der Waals surface area contributed by atoms with Gasteiger partial charge in [-0.15, -0.1) is 0 Å². The number of carbonyl (C=O) groups is 1. The lowest BCUT2D eigenvalue weighted by molar-refractivity contribution is -0.140. The maximum Gasteiger partial charge on any atom is 0.387 e. The number of hydrogen-bond acceptors (Lipinski definition) is 4. The number of rotatable bonds is 4. The van der Waals surface area contributed by atoms with Gasteiger partial charge in [0.2, 0.25) is 5.91 Å². The van der Waals surface area contributed by atoms with Gasteiger partial charge in [-0.05, 0) is 24.6 Å². The fourth-order valence-electron chi connectivity index (χ4n) is 2.23. The minimum Gasteiger partial charge on any atom is -0.435 e. The van der Waals surface area contributed by atoms with Crippen molar-refractivity contribution in [2.75, 3.05) is 19.7 Å². The van der Waals surface area contributed by atoms with Gasteiger partial charge in [-0.3, -0.25) is 4.79 Å². The molecule has 1 aliphatic rings. The molecule has 0 bridgehead atoms. The largest absolute Gasteiger partial charge is 0.435 e. The molecule has 1 aromatic rings. The van der Waals surface area contributed by atoms with Gasteiger partial charge in [0, 0.05) is 6.54 Å². The number of halogens is 2. The number of alkyl halides is 2. The number of nitrogens with two attached hydrogens (primary N) is 1. The van der Waals surface area contributed by atoms with Crippen LogP contribution in [-0.4, -0.2) is 43.2 Å². The molecule has 0 aromatic heterocycles. The summed E-state index contributed by atoms with van der Waals surface area (Å²) < 4.78 is 34.4. The third-order valence-electron chi connectivity index (χ3n) is 3.22. The highest BCUT2D eigenvalue weighted by Crippen LogP contribution is 2.26. The summed E-state index contributed by atoms with van der Waals surface area (Å²) in [5.41, 5.74) is 6.28. The van der Waals surface area contributed by atoms with Gasteiger partial charge in [0.15, 0.2) is 0 Å². The maximum absolute atomic E-state index is 12.2. The Morgan fingerprint density at radius 1 is 1.52 bits per heavy atom. The van der Waals surface area contributed by atoms with Gasteiger partial charge in [0.25, 0.3) is 0 Å². The van der Waals surface area contributed by atoms with Crippen molar-refractivity contribution in [1.82, 2.24) is 4.90 Å². The highest BCUT2D eigenvalue weighted by Gasteiger charge is 2.27. The molecule has 0 spiro atoms. The molecule has 1 heterocycles. The molecule has 0 saturated carbocycles. The van der Waals surface area contributed by atoms with E-state index in [0.717, 1.165) is 0 Å². The normalized spacial score (nSPS) is 20.4. The minimum absolute atomic E-state index is 0.0711. The molecule has 21 heavy (non-hydrogen) atoms. The van der Waals surface area contributed by atoms with Gasteiger partial charge in [0.05, 0.1) is 19.2 Å². The van der Waals surface area contributed by atoms with E-state index >= 15 is 0 Å². The molecule has 2 rings (SSSR count). The molecule has 0 radical (unpaired) electrons. The monoisotopic (exact) mass is 300 g/mol. The lowest BCUT2D eigenvalue weighted by Gasteiger charge is -2.34. The van der Waals surface area contributed by atoms with Gasteiger partial charge in [-0.2, -0.15) is 8.78 Å². The highest BCUT2D eigenvalue weighted by molar-refractivity contribution is 5.81. The smallest absolute Gasteiger partial charge is 0.387 e. The van der Waals surface area contributed by atoms with Crippen molar-refractivity contribution in [1.29, 1.82) is 0 Å². The van der Waals surface area contributed by atoms with Gasteiger partial charge >= 0.3 is 6.61 Å². The van der Waals surface area contributed by atoms with Crippen molar-refractivity contribution in [3.8, 4) is 5.75 Å². The number of morpholine rings is 1. The second kappa shape index (κ2) is 6.82. The average molecular weight is 300 g/mol. The molecular formula is C14H18F2N2O3. The topological polar surface area (TPSA) is 64.8 Å². The first-order chi connectivity index (χ1) is 9.97. The maximum atomic E-state index is 12.2. The van der Waals surface area contributed by atoms with Crippen LogP contribution in [0.4, 0.5) is 8.78 Å². The summed E-state index contributed by atoms with van der Waals surface area (Å²) in [6.07, 6.45) is -0.373. The Bertz CT molecular complexity index is 497. The molecule has 0 aliphatic carbocycles. The van der Waals surface area contributed by atoms with Gasteiger partial charge in [0.1, 0.15) is 11.9 Å². The van der Waals surface area contributed by atoms with Crippen LogP contribution in [0.3, 0.4) is 0 Å². The van der Waals surface area contributed by atoms with Gasteiger partial charge in [-0.1, -0.05) is 12.1 Å². The second-order valence-electron chi connectivity index (χ2n) is 4.88. The summed E-state index contributed by atoms with van der Waals surface area (Å²) in [5, 5.41) is 0. The number of amides is 1. The lowest BCUT2D eigenvalue weighted by Crippen LogP contribution is -2.48. The zero-order chi connectivity index (χ0) is 15.4. The quantitative estimate of drug-likeness (QED) is 0.916. The minimum atomic E-state index is -2.87. The Labute approximate surface area is 121 Å². The first kappa shape index (κ1) is 15.7. The molecule has 7 heteroatoms. The van der Waals surface area contributed by atoms with Crippen LogP contribution >= 0.6 is 0 Å². The highest BCUT2D eigenvalue weighted by atomic mass is 19.3. The zero-order valence-electron chi connectivity index (χ0n) is 11.7. The summed E-state index contributed by atoms with van der Waals surface area (Å²) >= 11 is 0. The molecule has 116 valence electrons. The van der Waals surface area contributed by atoms with Crippen LogP contribution in [0.15, 0.2) is 24.3 Å². The van der Waals surface area contributed by atoms with Crippen LogP contribution in [0.25, 0.3) is 0 Å². The van der Waals surface area contributed by atoms with Crippen LogP contribution in [0, 0.1) is 0 Å². The number of hydrogen-bond donors (Lipinski definition) is 1. The van der Waals surface area contributed by atoms with Crippen molar-refractivity contribution < 1.29 is 23.0 Å². The predicted octanol–water partition coefficient (Wildman–Crippen LogP) is 1.54. The molecular weight excluding hydrogens is 282 g/mol. The standard InChI is InChI=1S/C14H18F2N2O3/c1-9(17)13(19)18-5-6-20-12(8-18)10-3-2-4-11(7-10)21-14(15)16/h2-4,7,9,12,14H,5-6,8,17H2,1H3/t9-,12+/m1/s1. The Hall–Kier alpha value is -1.73. The summed E-state index contributed by atoms with van der Waals surface area (Å²) in [6.45, 7) is -0.0427. The first-order valence-corrected chi connectivity index (χ1v) is 6.68. The van der Waals surface area contributed by atoms with Crippen molar-refractivity contribution in [2.24, 2.45) is 5.73 Å². The SMILES string of the molecule is C[C@@H](N)C(=O)N1CCO[C@H](c2cccc(OC(F)F)c2)C1. The summed E-state index contributed by atoms with van der Waals surface area (Å²) in [7, 11) is 0. The molecule has 1 amide bonds. The average Bonchev–Trinajstić information content (AvgIpc) is 2.46. The number of ether oxygens (including phenoxy) is 2. The Morgan fingerprint density at radius 3 is 2.95 bits per heavy atom. The molecule has 2 atom stereocenters. The Morgan fingerprint density at radius 2 is 2.29 bits per heavy atom. The van der Waals surface area contributed by atoms with Crippen LogP contribution in [0.1, 0.15) is 18.6 Å². The first-order valence-electron chi connectivity index (χ1n) is 6.68. The zero-order valence-corrected chi connectivity index (χ0v) is 11.7. The molecule has 5 nitrogen and oxygen atoms in total. The van der Waals surface area contributed by atoms with E-state index in [1.165, 1.54) is 12.1 Å². The van der Waals surface area contributed by atoms with E-state index in [2.05, 4.69) is 4.74 Å². The van der Waals surface area contributed by atoms with E-state index in [1.807, 2.05) is 0 Å². The van der Waals surface area contributed by atoms with Crippen molar-refractivity contribution in [3.63, 3.8) is 0 Å². The molecule has 0 unspecified atom stereocenters. The second-order valence-corrected chi connectivity index (χ2v) is 4.88. The van der Waals surface area contributed by atoms with Crippen molar-refractivity contribution in [3.05, 3.63) is 29.8 Å². The Balaban J connectivity index is 2.09. The molecule has 1 aliphatic heterocycles. The predicted molar refractivity (Wildman–Crippen MR) is 72.0 cm³/mol. The molecule has 2 N–H and O–H groups in total. The van der Waals surface area contributed by atoms with Crippen molar-refractivity contribution >= 4 is 5.91 Å². The van der Waals surface area contributed by atoms with Crippen LogP contribution in [0.2, 0.25) is 0 Å². The molecule has 1 saturated heterocycles. The molecule has 1 aromatic carbocycles. The van der Waals surface area contributed by atoms with Crippen LogP contribution in [-0.2, 0) is 9.53 Å². The Kier molecular flexibility index (Phi) is 5.08. The van der Waals surface area contributed by atoms with Gasteiger partial charge in [-0.25, -0.2) is 0 Å². The van der Waals surface area contributed by atoms with Gasteiger partial charge < -0.3 is 20.1 Å². The third-order valence-corrected chi connectivity index (χ3v) is 3.22. The fourth-order valence-corrected chi connectivity index (χ4v) is 2.23.